The van der Waals surface area contributed by atoms with E-state index in [1.54, 1.807) is 0 Å². The number of hydrogen-bond donors (Lipinski definition) is 1. The average molecular weight is 259 g/mol. The average Bonchev–Trinajstić information content (AvgIpc) is 2.44. The topological polar surface area (TPSA) is 18.5 Å². The number of benzene rings is 1. The first-order valence-corrected chi connectivity index (χ1v) is 7.55. The summed E-state index contributed by atoms with van der Waals surface area (Å²) in [5, 5.41) is 3.43. The molecule has 2 aliphatic heterocycles. The molecule has 3 heteroatoms. The first-order valence-electron chi connectivity index (χ1n) is 7.55. The van der Waals surface area contributed by atoms with E-state index in [2.05, 4.69) is 52.4 Å². The van der Waals surface area contributed by atoms with Gasteiger partial charge in [0.2, 0.25) is 0 Å². The summed E-state index contributed by atoms with van der Waals surface area (Å²) >= 11 is 0. The largest absolute Gasteiger partial charge is 0.314 e. The van der Waals surface area contributed by atoms with Gasteiger partial charge >= 0.3 is 0 Å². The highest BCUT2D eigenvalue weighted by molar-refractivity contribution is 5.19. The van der Waals surface area contributed by atoms with E-state index in [-0.39, 0.29) is 0 Å². The van der Waals surface area contributed by atoms with Crippen molar-refractivity contribution in [2.24, 2.45) is 0 Å². The van der Waals surface area contributed by atoms with Crippen molar-refractivity contribution >= 4 is 0 Å². The smallest absolute Gasteiger partial charge is 0.0351 e. The van der Waals surface area contributed by atoms with Crippen LogP contribution in [0.3, 0.4) is 0 Å². The summed E-state index contributed by atoms with van der Waals surface area (Å²) < 4.78 is 0. The maximum atomic E-state index is 3.43. The van der Waals surface area contributed by atoms with Crippen molar-refractivity contribution in [2.45, 2.75) is 18.9 Å². The van der Waals surface area contributed by atoms with E-state index in [1.807, 2.05) is 0 Å². The van der Waals surface area contributed by atoms with Crippen LogP contribution in [0.25, 0.3) is 0 Å². The number of piperazine rings is 1. The van der Waals surface area contributed by atoms with Crippen molar-refractivity contribution in [3.05, 3.63) is 35.9 Å². The first-order chi connectivity index (χ1) is 9.33. The van der Waals surface area contributed by atoms with Crippen LogP contribution in [0.2, 0.25) is 0 Å². The molecule has 2 fully saturated rings. The third-order valence-electron chi connectivity index (χ3n) is 4.51. The van der Waals surface area contributed by atoms with Crippen molar-refractivity contribution in [3.63, 3.8) is 0 Å². The summed E-state index contributed by atoms with van der Waals surface area (Å²) in [5.41, 5.74) is 1.47. The van der Waals surface area contributed by atoms with Crippen molar-refractivity contribution in [3.8, 4) is 0 Å². The fourth-order valence-corrected chi connectivity index (χ4v) is 3.24. The van der Waals surface area contributed by atoms with Gasteiger partial charge in [0, 0.05) is 51.9 Å². The van der Waals surface area contributed by atoms with Gasteiger partial charge in [-0.1, -0.05) is 37.3 Å². The molecular weight excluding hydrogens is 234 g/mol. The zero-order chi connectivity index (χ0) is 13.1. The number of nitrogens with zero attached hydrogens (tertiary/aromatic N) is 2. The Bertz CT molecular complexity index is 380. The third kappa shape index (κ3) is 3.16. The van der Waals surface area contributed by atoms with Crippen LogP contribution in [-0.4, -0.2) is 61.7 Å². The second-order valence-electron chi connectivity index (χ2n) is 5.97. The van der Waals surface area contributed by atoms with Gasteiger partial charge in [-0.25, -0.2) is 0 Å². The molecule has 0 amide bonds. The molecule has 2 heterocycles. The normalized spacial score (nSPS) is 24.1. The molecule has 1 unspecified atom stereocenters. The van der Waals surface area contributed by atoms with E-state index in [9.17, 15) is 0 Å². The van der Waals surface area contributed by atoms with Gasteiger partial charge < -0.3 is 5.32 Å². The molecule has 0 bridgehead atoms. The molecule has 1 atom stereocenters. The maximum absolute atomic E-state index is 3.43. The Morgan fingerprint density at radius 3 is 2.53 bits per heavy atom. The van der Waals surface area contributed by atoms with E-state index < -0.39 is 0 Å². The molecule has 0 aromatic heterocycles. The molecular formula is C16H25N3. The lowest BCUT2D eigenvalue weighted by molar-refractivity contribution is 0.0245. The van der Waals surface area contributed by atoms with Gasteiger partial charge in [0.25, 0.3) is 0 Å². The molecule has 2 aliphatic rings. The fraction of sp³-hybridized carbons (Fsp3) is 0.625. The molecule has 1 aromatic rings. The quantitative estimate of drug-likeness (QED) is 0.881. The van der Waals surface area contributed by atoms with Crippen molar-refractivity contribution < 1.29 is 0 Å². The monoisotopic (exact) mass is 259 g/mol. The SMILES string of the molecule is CC(CN1CC(N2CCNCC2)C1)c1ccccc1. The predicted molar refractivity (Wildman–Crippen MR) is 79.5 cm³/mol. The van der Waals surface area contributed by atoms with Crippen LogP contribution in [0.1, 0.15) is 18.4 Å². The van der Waals surface area contributed by atoms with Gasteiger partial charge in [0.05, 0.1) is 0 Å². The van der Waals surface area contributed by atoms with Crippen LogP contribution >= 0.6 is 0 Å². The lowest BCUT2D eigenvalue weighted by atomic mass is 9.97. The Hall–Kier alpha value is -0.900. The Morgan fingerprint density at radius 1 is 1.16 bits per heavy atom. The number of nitrogens with one attached hydrogen (secondary N) is 1. The number of rotatable bonds is 4. The molecule has 1 aromatic carbocycles. The minimum atomic E-state index is 0.644. The summed E-state index contributed by atoms with van der Waals surface area (Å²) in [6, 6.07) is 11.7. The second kappa shape index (κ2) is 6.04. The van der Waals surface area contributed by atoms with E-state index in [1.165, 1.54) is 38.3 Å². The van der Waals surface area contributed by atoms with Gasteiger partial charge in [0.15, 0.2) is 0 Å². The molecule has 3 nitrogen and oxygen atoms in total. The predicted octanol–water partition coefficient (Wildman–Crippen LogP) is 1.38. The summed E-state index contributed by atoms with van der Waals surface area (Å²) in [6.45, 7) is 10.8. The van der Waals surface area contributed by atoms with Crippen LogP contribution in [0, 0.1) is 0 Å². The minimum absolute atomic E-state index is 0.644. The van der Waals surface area contributed by atoms with Crippen LogP contribution in [-0.2, 0) is 0 Å². The number of hydrogen-bond acceptors (Lipinski definition) is 3. The third-order valence-corrected chi connectivity index (χ3v) is 4.51. The van der Waals surface area contributed by atoms with Gasteiger partial charge in [-0.2, -0.15) is 0 Å². The Balaban J connectivity index is 1.44. The summed E-state index contributed by atoms with van der Waals surface area (Å²) in [7, 11) is 0. The van der Waals surface area contributed by atoms with E-state index >= 15 is 0 Å². The molecule has 0 radical (unpaired) electrons. The zero-order valence-corrected chi connectivity index (χ0v) is 11.9. The highest BCUT2D eigenvalue weighted by Crippen LogP contribution is 2.21. The van der Waals surface area contributed by atoms with Crippen molar-refractivity contribution in [2.75, 3.05) is 45.8 Å². The highest BCUT2D eigenvalue weighted by Gasteiger charge is 2.32. The molecule has 3 rings (SSSR count). The van der Waals surface area contributed by atoms with Gasteiger partial charge in [-0.3, -0.25) is 9.80 Å². The lowest BCUT2D eigenvalue weighted by Gasteiger charge is -2.47. The molecule has 19 heavy (non-hydrogen) atoms. The Morgan fingerprint density at radius 2 is 1.84 bits per heavy atom. The standard InChI is InChI=1S/C16H25N3/c1-14(15-5-3-2-4-6-15)11-18-12-16(13-18)19-9-7-17-8-10-19/h2-6,14,16-17H,7-13H2,1H3. The minimum Gasteiger partial charge on any atom is -0.314 e. The molecule has 1 N–H and O–H groups in total. The van der Waals surface area contributed by atoms with E-state index in [0.717, 1.165) is 19.1 Å². The molecule has 0 saturated carbocycles. The second-order valence-corrected chi connectivity index (χ2v) is 5.97. The molecule has 2 saturated heterocycles. The highest BCUT2D eigenvalue weighted by atomic mass is 15.3. The van der Waals surface area contributed by atoms with Crippen LogP contribution < -0.4 is 5.32 Å². The van der Waals surface area contributed by atoms with Gasteiger partial charge in [-0.15, -0.1) is 0 Å². The Labute approximate surface area is 116 Å². The van der Waals surface area contributed by atoms with Crippen molar-refractivity contribution in [1.29, 1.82) is 0 Å². The zero-order valence-electron chi connectivity index (χ0n) is 11.9. The van der Waals surface area contributed by atoms with Crippen LogP contribution in [0.5, 0.6) is 0 Å². The summed E-state index contributed by atoms with van der Waals surface area (Å²) in [4.78, 5) is 5.25. The first kappa shape index (κ1) is 13.1. The molecule has 0 aliphatic carbocycles. The maximum Gasteiger partial charge on any atom is 0.0351 e. The fourth-order valence-electron chi connectivity index (χ4n) is 3.24. The summed E-state index contributed by atoms with van der Waals surface area (Å²) in [6.07, 6.45) is 0. The van der Waals surface area contributed by atoms with E-state index in [4.69, 9.17) is 0 Å². The lowest BCUT2D eigenvalue weighted by Crippen LogP contribution is -2.63. The van der Waals surface area contributed by atoms with Crippen LogP contribution in [0.15, 0.2) is 30.3 Å². The van der Waals surface area contributed by atoms with E-state index in [0.29, 0.717) is 5.92 Å². The molecule has 0 spiro atoms. The van der Waals surface area contributed by atoms with Crippen molar-refractivity contribution in [1.82, 2.24) is 15.1 Å². The van der Waals surface area contributed by atoms with Crippen LogP contribution in [0.4, 0.5) is 0 Å². The van der Waals surface area contributed by atoms with Gasteiger partial charge in [-0.05, 0) is 11.5 Å². The van der Waals surface area contributed by atoms with Gasteiger partial charge in [0.1, 0.15) is 0 Å². The Kier molecular flexibility index (Phi) is 4.16. The summed E-state index contributed by atoms with van der Waals surface area (Å²) in [5.74, 6) is 0.644. The number of likely N-dealkylation sites (tertiary alicyclic amines) is 1. The molecule has 104 valence electrons.